The number of aromatic hydroxyl groups is 1. The van der Waals surface area contributed by atoms with E-state index in [1.165, 1.54) is 6.07 Å². The van der Waals surface area contributed by atoms with Crippen LogP contribution in [0, 0.1) is 6.92 Å². The van der Waals surface area contributed by atoms with Crippen LogP contribution in [0.15, 0.2) is 42.5 Å². The highest BCUT2D eigenvalue weighted by molar-refractivity contribution is 7.91. The Morgan fingerprint density at radius 1 is 1.20 bits per heavy atom. The van der Waals surface area contributed by atoms with Gasteiger partial charge >= 0.3 is 0 Å². The van der Waals surface area contributed by atoms with E-state index in [9.17, 15) is 13.5 Å². The van der Waals surface area contributed by atoms with Crippen LogP contribution in [0.1, 0.15) is 11.1 Å². The van der Waals surface area contributed by atoms with Crippen molar-refractivity contribution >= 4 is 21.4 Å². The highest BCUT2D eigenvalue weighted by Crippen LogP contribution is 2.23. The van der Waals surface area contributed by atoms with Gasteiger partial charge in [-0.25, -0.2) is 8.42 Å². The maximum absolute atomic E-state index is 12.1. The van der Waals surface area contributed by atoms with E-state index in [0.717, 1.165) is 0 Å². The van der Waals surface area contributed by atoms with Crippen molar-refractivity contribution in [2.24, 2.45) is 0 Å². The van der Waals surface area contributed by atoms with E-state index in [1.54, 1.807) is 43.3 Å². The topological polar surface area (TPSA) is 92.4 Å². The molecule has 2 aromatic carbocycles. The molecule has 0 aliphatic carbocycles. The number of nitrogens with one attached hydrogen (secondary N) is 1. The summed E-state index contributed by atoms with van der Waals surface area (Å²) in [7, 11) is -3.58. The average molecular weight is 292 g/mol. The molecule has 0 aliphatic rings. The van der Waals surface area contributed by atoms with Crippen molar-refractivity contribution in [2.45, 2.75) is 12.7 Å². The van der Waals surface area contributed by atoms with Crippen LogP contribution in [0.5, 0.6) is 5.75 Å². The lowest BCUT2D eigenvalue weighted by Gasteiger charge is -2.10. The van der Waals surface area contributed by atoms with Gasteiger partial charge in [-0.05, 0) is 30.2 Å². The molecule has 0 saturated heterocycles. The number of para-hydroxylation sites is 1. The molecule has 6 heteroatoms. The van der Waals surface area contributed by atoms with Crippen LogP contribution in [0.3, 0.4) is 0 Å². The minimum absolute atomic E-state index is 0.0458. The van der Waals surface area contributed by atoms with Crippen molar-refractivity contribution < 1.29 is 13.5 Å². The Morgan fingerprint density at radius 2 is 1.90 bits per heavy atom. The van der Waals surface area contributed by atoms with Crippen LogP contribution in [0.4, 0.5) is 11.4 Å². The summed E-state index contributed by atoms with van der Waals surface area (Å²) in [5.74, 6) is -0.168. The Labute approximate surface area is 118 Å². The molecule has 5 nitrogen and oxygen atoms in total. The van der Waals surface area contributed by atoms with Crippen molar-refractivity contribution in [1.29, 1.82) is 0 Å². The third-order valence-corrected chi connectivity index (χ3v) is 4.12. The molecule has 0 bridgehead atoms. The number of rotatable bonds is 4. The second-order valence-electron chi connectivity index (χ2n) is 4.56. The number of anilines is 2. The summed E-state index contributed by atoms with van der Waals surface area (Å²) in [6.45, 7) is 1.73. The molecule has 0 atom stereocenters. The van der Waals surface area contributed by atoms with E-state index < -0.39 is 10.0 Å². The summed E-state index contributed by atoms with van der Waals surface area (Å²) in [6, 6.07) is 11.4. The lowest BCUT2D eigenvalue weighted by molar-refractivity contribution is 0.471. The molecule has 0 saturated carbocycles. The van der Waals surface area contributed by atoms with Gasteiger partial charge in [0.15, 0.2) is 0 Å². The number of hydrogen-bond acceptors (Lipinski definition) is 4. The summed E-state index contributed by atoms with van der Waals surface area (Å²) < 4.78 is 26.6. The van der Waals surface area contributed by atoms with E-state index in [-0.39, 0.29) is 11.5 Å². The van der Waals surface area contributed by atoms with Crippen LogP contribution in [0.2, 0.25) is 0 Å². The molecule has 0 unspecified atom stereocenters. The number of nitrogens with two attached hydrogens (primary N) is 1. The first-order chi connectivity index (χ1) is 9.37. The maximum atomic E-state index is 12.1. The normalized spacial score (nSPS) is 11.2. The van der Waals surface area contributed by atoms with Gasteiger partial charge in [0.2, 0.25) is 10.0 Å². The molecular weight excluding hydrogens is 276 g/mol. The molecule has 0 radical (unpaired) electrons. The Balaban J connectivity index is 2.19. The van der Waals surface area contributed by atoms with E-state index in [2.05, 4.69) is 4.72 Å². The largest absolute Gasteiger partial charge is 0.508 e. The van der Waals surface area contributed by atoms with E-state index in [1.807, 2.05) is 0 Å². The fourth-order valence-corrected chi connectivity index (χ4v) is 2.99. The highest BCUT2D eigenvalue weighted by Gasteiger charge is 2.14. The van der Waals surface area contributed by atoms with Gasteiger partial charge in [-0.15, -0.1) is 0 Å². The van der Waals surface area contributed by atoms with Crippen LogP contribution in [0.25, 0.3) is 0 Å². The number of hydrogen-bond donors (Lipinski definition) is 3. The molecule has 0 fully saturated rings. The zero-order valence-electron chi connectivity index (χ0n) is 11.0. The zero-order chi connectivity index (χ0) is 14.8. The number of benzene rings is 2. The monoisotopic (exact) mass is 292 g/mol. The minimum atomic E-state index is -3.58. The predicted octanol–water partition coefficient (Wildman–Crippen LogP) is 2.22. The SMILES string of the molecule is Cc1ccc(NS(=O)(=O)Cc2ccccc2N)cc1O. The van der Waals surface area contributed by atoms with Crippen molar-refractivity contribution in [2.75, 3.05) is 10.5 Å². The Hall–Kier alpha value is -2.21. The molecule has 0 heterocycles. The summed E-state index contributed by atoms with van der Waals surface area (Å²) in [6.07, 6.45) is 0. The zero-order valence-corrected chi connectivity index (χ0v) is 11.8. The molecule has 0 aliphatic heterocycles. The van der Waals surface area contributed by atoms with Gasteiger partial charge in [-0.1, -0.05) is 24.3 Å². The van der Waals surface area contributed by atoms with Gasteiger partial charge < -0.3 is 10.8 Å². The summed E-state index contributed by atoms with van der Waals surface area (Å²) in [5, 5.41) is 9.58. The quantitative estimate of drug-likeness (QED) is 0.753. The van der Waals surface area contributed by atoms with Crippen molar-refractivity contribution in [3.05, 3.63) is 53.6 Å². The van der Waals surface area contributed by atoms with Gasteiger partial charge in [0.1, 0.15) is 5.75 Å². The molecule has 2 aromatic rings. The third-order valence-electron chi connectivity index (χ3n) is 2.88. The standard InChI is InChI=1S/C14H16N2O3S/c1-10-6-7-12(8-14(10)17)16-20(18,19)9-11-4-2-3-5-13(11)15/h2-8,16-17H,9,15H2,1H3. The van der Waals surface area contributed by atoms with Gasteiger partial charge in [0.05, 0.1) is 11.4 Å². The van der Waals surface area contributed by atoms with Gasteiger partial charge in [-0.3, -0.25) is 4.72 Å². The van der Waals surface area contributed by atoms with E-state index in [4.69, 9.17) is 5.73 Å². The molecule has 0 amide bonds. The second-order valence-corrected chi connectivity index (χ2v) is 6.28. The molecular formula is C14H16N2O3S. The van der Waals surface area contributed by atoms with Crippen molar-refractivity contribution in [1.82, 2.24) is 0 Å². The summed E-state index contributed by atoms with van der Waals surface area (Å²) in [4.78, 5) is 0. The first-order valence-corrected chi connectivity index (χ1v) is 7.66. The summed E-state index contributed by atoms with van der Waals surface area (Å²) >= 11 is 0. The minimum Gasteiger partial charge on any atom is -0.508 e. The molecule has 20 heavy (non-hydrogen) atoms. The van der Waals surface area contributed by atoms with Crippen LogP contribution >= 0.6 is 0 Å². The number of phenolic OH excluding ortho intramolecular Hbond substituents is 1. The van der Waals surface area contributed by atoms with Crippen LogP contribution in [-0.4, -0.2) is 13.5 Å². The third kappa shape index (κ3) is 3.42. The molecule has 106 valence electrons. The number of aryl methyl sites for hydroxylation is 1. The van der Waals surface area contributed by atoms with Crippen molar-refractivity contribution in [3.63, 3.8) is 0 Å². The number of nitrogen functional groups attached to an aromatic ring is 1. The van der Waals surface area contributed by atoms with Gasteiger partial charge in [-0.2, -0.15) is 0 Å². The predicted molar refractivity (Wildman–Crippen MR) is 79.9 cm³/mol. The van der Waals surface area contributed by atoms with E-state index in [0.29, 0.717) is 22.5 Å². The van der Waals surface area contributed by atoms with Gasteiger partial charge in [0, 0.05) is 11.8 Å². The molecule has 0 aromatic heterocycles. The van der Waals surface area contributed by atoms with E-state index >= 15 is 0 Å². The second kappa shape index (κ2) is 5.42. The Morgan fingerprint density at radius 3 is 2.55 bits per heavy atom. The molecule has 2 rings (SSSR count). The Bertz CT molecular complexity index is 727. The van der Waals surface area contributed by atoms with Crippen molar-refractivity contribution in [3.8, 4) is 5.75 Å². The lowest BCUT2D eigenvalue weighted by atomic mass is 10.2. The first-order valence-electron chi connectivity index (χ1n) is 6.01. The molecule has 0 spiro atoms. The Kier molecular flexibility index (Phi) is 3.85. The van der Waals surface area contributed by atoms with Crippen LogP contribution in [-0.2, 0) is 15.8 Å². The van der Waals surface area contributed by atoms with Crippen LogP contribution < -0.4 is 10.5 Å². The lowest BCUT2D eigenvalue weighted by Crippen LogP contribution is -2.15. The smallest absolute Gasteiger partial charge is 0.236 e. The fourth-order valence-electron chi connectivity index (χ4n) is 1.76. The fraction of sp³-hybridized carbons (Fsp3) is 0.143. The maximum Gasteiger partial charge on any atom is 0.236 e. The average Bonchev–Trinajstić information content (AvgIpc) is 2.36. The highest BCUT2D eigenvalue weighted by atomic mass is 32.2. The number of phenols is 1. The summed E-state index contributed by atoms with van der Waals surface area (Å²) in [5.41, 5.74) is 7.71. The number of sulfonamides is 1. The first kappa shape index (κ1) is 14.2. The van der Waals surface area contributed by atoms with Gasteiger partial charge in [0.25, 0.3) is 0 Å². The molecule has 4 N–H and O–H groups in total.